The van der Waals surface area contributed by atoms with Crippen LogP contribution in [-0.4, -0.2) is 17.6 Å². The summed E-state index contributed by atoms with van der Waals surface area (Å²) in [5.74, 6) is 0.868. The maximum atomic E-state index is 4.61. The van der Waals surface area contributed by atoms with Gasteiger partial charge in [-0.2, -0.15) is 0 Å². The first kappa shape index (κ1) is 13.0. The Balaban J connectivity index is 1.95. The van der Waals surface area contributed by atoms with Gasteiger partial charge >= 0.3 is 0 Å². The molecule has 0 saturated heterocycles. The summed E-state index contributed by atoms with van der Waals surface area (Å²) in [7, 11) is 0. The highest BCUT2D eigenvalue weighted by molar-refractivity contribution is 7.09. The number of hydrogen-bond acceptors (Lipinski definition) is 3. The lowest BCUT2D eigenvalue weighted by Gasteiger charge is -2.30. The molecule has 2 nitrogen and oxygen atoms in total. The summed E-state index contributed by atoms with van der Waals surface area (Å²) < 4.78 is 0. The quantitative estimate of drug-likeness (QED) is 0.867. The molecule has 1 atom stereocenters. The van der Waals surface area contributed by atoms with E-state index in [9.17, 15) is 0 Å². The largest absolute Gasteiger partial charge is 0.314 e. The first-order valence-electron chi connectivity index (χ1n) is 6.94. The second kappa shape index (κ2) is 6.50. The van der Waals surface area contributed by atoms with Gasteiger partial charge in [-0.1, -0.05) is 26.2 Å². The summed E-state index contributed by atoms with van der Waals surface area (Å²) in [4.78, 5) is 4.61. The summed E-state index contributed by atoms with van der Waals surface area (Å²) in [6, 6.07) is 0.644. The van der Waals surface area contributed by atoms with E-state index in [1.807, 2.05) is 11.3 Å². The molecular weight excluding hydrogens is 228 g/mol. The van der Waals surface area contributed by atoms with Crippen molar-refractivity contribution >= 4 is 11.3 Å². The standard InChI is InChI=1S/C14H24N2S/c1-3-15-13(12-7-5-4-6-8-12)9-14-16-11(2)10-17-14/h10,12-13,15H,3-9H2,1-2H3. The first-order chi connectivity index (χ1) is 8.29. The zero-order chi connectivity index (χ0) is 12.1. The van der Waals surface area contributed by atoms with E-state index < -0.39 is 0 Å². The van der Waals surface area contributed by atoms with E-state index in [0.717, 1.165) is 18.9 Å². The Morgan fingerprint density at radius 1 is 1.41 bits per heavy atom. The fourth-order valence-electron chi connectivity index (χ4n) is 2.89. The fraction of sp³-hybridized carbons (Fsp3) is 0.786. The van der Waals surface area contributed by atoms with Crippen LogP contribution < -0.4 is 5.32 Å². The molecule has 1 aliphatic carbocycles. The van der Waals surface area contributed by atoms with E-state index in [1.54, 1.807) is 0 Å². The van der Waals surface area contributed by atoms with Gasteiger partial charge in [0.25, 0.3) is 0 Å². The lowest BCUT2D eigenvalue weighted by molar-refractivity contribution is 0.269. The van der Waals surface area contributed by atoms with Gasteiger partial charge in [0.15, 0.2) is 0 Å². The molecule has 0 radical (unpaired) electrons. The number of thiazole rings is 1. The van der Waals surface area contributed by atoms with Crippen LogP contribution in [0.1, 0.15) is 49.7 Å². The van der Waals surface area contributed by atoms with Gasteiger partial charge in [-0.25, -0.2) is 4.98 Å². The topological polar surface area (TPSA) is 24.9 Å². The second-order valence-electron chi connectivity index (χ2n) is 5.15. The molecule has 0 aromatic carbocycles. The first-order valence-corrected chi connectivity index (χ1v) is 7.82. The monoisotopic (exact) mass is 252 g/mol. The van der Waals surface area contributed by atoms with Crippen molar-refractivity contribution < 1.29 is 0 Å². The number of rotatable bonds is 5. The molecule has 96 valence electrons. The molecule has 1 saturated carbocycles. The van der Waals surface area contributed by atoms with Gasteiger partial charge in [0.1, 0.15) is 0 Å². The normalized spacial score (nSPS) is 19.4. The van der Waals surface area contributed by atoms with Crippen LogP contribution in [0.15, 0.2) is 5.38 Å². The Morgan fingerprint density at radius 2 is 2.18 bits per heavy atom. The predicted molar refractivity (Wildman–Crippen MR) is 74.6 cm³/mol. The molecule has 17 heavy (non-hydrogen) atoms. The van der Waals surface area contributed by atoms with Crippen molar-refractivity contribution in [3.63, 3.8) is 0 Å². The molecule has 1 aromatic rings. The minimum atomic E-state index is 0.644. The van der Waals surface area contributed by atoms with E-state index in [2.05, 4.69) is 29.5 Å². The molecule has 1 unspecified atom stereocenters. The maximum absolute atomic E-state index is 4.61. The number of nitrogens with one attached hydrogen (secondary N) is 1. The molecule has 0 amide bonds. The van der Waals surface area contributed by atoms with Crippen molar-refractivity contribution in [1.82, 2.24) is 10.3 Å². The molecule has 2 rings (SSSR count). The average molecular weight is 252 g/mol. The van der Waals surface area contributed by atoms with Crippen LogP contribution in [0.25, 0.3) is 0 Å². The van der Waals surface area contributed by atoms with Gasteiger partial charge in [0, 0.05) is 23.5 Å². The summed E-state index contributed by atoms with van der Waals surface area (Å²) in [6.07, 6.45) is 8.21. The van der Waals surface area contributed by atoms with Crippen molar-refractivity contribution in [2.45, 2.75) is 58.4 Å². The molecule has 0 bridgehead atoms. The molecule has 1 aromatic heterocycles. The van der Waals surface area contributed by atoms with Crippen LogP contribution in [0, 0.1) is 12.8 Å². The zero-order valence-corrected chi connectivity index (χ0v) is 11.9. The highest BCUT2D eigenvalue weighted by atomic mass is 32.1. The average Bonchev–Trinajstić information content (AvgIpc) is 2.75. The van der Waals surface area contributed by atoms with E-state index >= 15 is 0 Å². The van der Waals surface area contributed by atoms with Crippen LogP contribution in [0.5, 0.6) is 0 Å². The Bertz CT molecular complexity index is 329. The smallest absolute Gasteiger partial charge is 0.0943 e. The minimum absolute atomic E-state index is 0.644. The molecule has 1 N–H and O–H groups in total. The molecule has 1 fully saturated rings. The van der Waals surface area contributed by atoms with E-state index in [0.29, 0.717) is 6.04 Å². The zero-order valence-electron chi connectivity index (χ0n) is 11.0. The highest BCUT2D eigenvalue weighted by Gasteiger charge is 2.23. The highest BCUT2D eigenvalue weighted by Crippen LogP contribution is 2.28. The van der Waals surface area contributed by atoms with Crippen molar-refractivity contribution in [1.29, 1.82) is 0 Å². The van der Waals surface area contributed by atoms with Gasteiger partial charge < -0.3 is 5.32 Å². The van der Waals surface area contributed by atoms with Gasteiger partial charge in [-0.3, -0.25) is 0 Å². The third-order valence-electron chi connectivity index (χ3n) is 3.75. The number of nitrogens with zero attached hydrogens (tertiary/aromatic N) is 1. The van der Waals surface area contributed by atoms with Crippen molar-refractivity contribution in [3.8, 4) is 0 Å². The summed E-state index contributed by atoms with van der Waals surface area (Å²) >= 11 is 1.82. The van der Waals surface area contributed by atoms with Crippen molar-refractivity contribution in [2.75, 3.05) is 6.54 Å². The van der Waals surface area contributed by atoms with E-state index in [1.165, 1.54) is 42.8 Å². The van der Waals surface area contributed by atoms with Crippen LogP contribution in [0.3, 0.4) is 0 Å². The predicted octanol–water partition coefficient (Wildman–Crippen LogP) is 3.55. The lowest BCUT2D eigenvalue weighted by atomic mass is 9.83. The summed E-state index contributed by atoms with van der Waals surface area (Å²) in [6.45, 7) is 5.37. The van der Waals surface area contributed by atoms with Gasteiger partial charge in [0.05, 0.1) is 5.01 Å². The summed E-state index contributed by atoms with van der Waals surface area (Å²) in [5.41, 5.74) is 1.17. The SMILES string of the molecule is CCNC(Cc1nc(C)cs1)C1CCCCC1. The molecule has 1 heterocycles. The fourth-order valence-corrected chi connectivity index (χ4v) is 3.72. The molecule has 0 spiro atoms. The van der Waals surface area contributed by atoms with E-state index in [4.69, 9.17) is 0 Å². The molecule has 0 aliphatic heterocycles. The molecule has 1 aliphatic rings. The third-order valence-corrected chi connectivity index (χ3v) is 4.74. The van der Waals surface area contributed by atoms with Gasteiger partial charge in [-0.15, -0.1) is 11.3 Å². The maximum Gasteiger partial charge on any atom is 0.0943 e. The van der Waals surface area contributed by atoms with Gasteiger partial charge in [-0.05, 0) is 32.2 Å². The number of likely N-dealkylation sites (N-methyl/N-ethyl adjacent to an activating group) is 1. The van der Waals surface area contributed by atoms with Crippen LogP contribution in [0.2, 0.25) is 0 Å². The Hall–Kier alpha value is -0.410. The molecule has 3 heteroatoms. The minimum Gasteiger partial charge on any atom is -0.314 e. The number of aryl methyl sites for hydroxylation is 1. The Kier molecular flexibility index (Phi) is 4.99. The number of hydrogen-bond donors (Lipinski definition) is 1. The Morgan fingerprint density at radius 3 is 2.76 bits per heavy atom. The second-order valence-corrected chi connectivity index (χ2v) is 6.09. The van der Waals surface area contributed by atoms with Crippen molar-refractivity contribution in [2.24, 2.45) is 5.92 Å². The summed E-state index contributed by atoms with van der Waals surface area (Å²) in [5, 5.41) is 7.15. The third kappa shape index (κ3) is 3.78. The Labute approximate surface area is 109 Å². The van der Waals surface area contributed by atoms with E-state index in [-0.39, 0.29) is 0 Å². The lowest BCUT2D eigenvalue weighted by Crippen LogP contribution is -2.38. The molecular formula is C14H24N2S. The number of aromatic nitrogens is 1. The van der Waals surface area contributed by atoms with Gasteiger partial charge in [0.2, 0.25) is 0 Å². The van der Waals surface area contributed by atoms with Crippen LogP contribution in [0.4, 0.5) is 0 Å². The van der Waals surface area contributed by atoms with Crippen LogP contribution >= 0.6 is 11.3 Å². The van der Waals surface area contributed by atoms with Crippen molar-refractivity contribution in [3.05, 3.63) is 16.1 Å². The van der Waals surface area contributed by atoms with Crippen LogP contribution in [-0.2, 0) is 6.42 Å².